The summed E-state index contributed by atoms with van der Waals surface area (Å²) in [6.45, 7) is -2.07. The highest BCUT2D eigenvalue weighted by Gasteiger charge is 2.85. The van der Waals surface area contributed by atoms with Crippen LogP contribution in [-0.4, -0.2) is 84.6 Å². The minimum Gasteiger partial charge on any atom is -0.455 e. The Bertz CT molecular complexity index is 827. The number of halogens is 6. The zero-order valence-corrected chi connectivity index (χ0v) is 17.0. The summed E-state index contributed by atoms with van der Waals surface area (Å²) in [7, 11) is -7.14. The van der Waals surface area contributed by atoms with Crippen molar-refractivity contribution in [2.24, 2.45) is 17.3 Å². The van der Waals surface area contributed by atoms with E-state index in [1.807, 2.05) is 0 Å². The molecule has 32 heavy (non-hydrogen) atoms. The van der Waals surface area contributed by atoms with Crippen molar-refractivity contribution < 1.29 is 68.5 Å². The minimum absolute atomic E-state index is 0.139. The topological polar surface area (TPSA) is 140 Å². The van der Waals surface area contributed by atoms with E-state index in [1.165, 1.54) is 0 Å². The SMILES string of the molecule is O=C(OC1C2CCC(C2)C12OCC(CO)(CO)CO2)C(C(F)(F)F)(C(F)(F)F)S(=O)(=O)O. The van der Waals surface area contributed by atoms with Crippen molar-refractivity contribution in [1.29, 1.82) is 0 Å². The first kappa shape index (κ1) is 25.4. The van der Waals surface area contributed by atoms with Crippen LogP contribution in [0.25, 0.3) is 0 Å². The van der Waals surface area contributed by atoms with E-state index in [2.05, 4.69) is 4.74 Å². The first-order chi connectivity index (χ1) is 14.5. The lowest BCUT2D eigenvalue weighted by atomic mass is 9.86. The molecule has 3 rings (SSSR count). The van der Waals surface area contributed by atoms with Crippen molar-refractivity contribution in [2.75, 3.05) is 26.4 Å². The lowest BCUT2D eigenvalue weighted by Crippen LogP contribution is -2.69. The van der Waals surface area contributed by atoms with Gasteiger partial charge in [0.05, 0.1) is 31.8 Å². The number of carbonyl (C=O) groups is 1. The van der Waals surface area contributed by atoms with E-state index in [1.54, 1.807) is 0 Å². The van der Waals surface area contributed by atoms with Crippen molar-refractivity contribution in [3.05, 3.63) is 0 Å². The normalized spacial score (nSPS) is 30.0. The van der Waals surface area contributed by atoms with Crippen LogP contribution >= 0.6 is 0 Å². The summed E-state index contributed by atoms with van der Waals surface area (Å²) in [4.78, 5) is 12.3. The molecule has 16 heteroatoms. The van der Waals surface area contributed by atoms with E-state index in [-0.39, 0.29) is 12.8 Å². The van der Waals surface area contributed by atoms with Crippen LogP contribution in [0.1, 0.15) is 19.3 Å². The number of hydrogen-bond acceptors (Lipinski definition) is 8. The van der Waals surface area contributed by atoms with Crippen molar-refractivity contribution in [2.45, 2.75) is 48.3 Å². The number of hydrogen-bond donors (Lipinski definition) is 3. The lowest BCUT2D eigenvalue weighted by molar-refractivity contribution is -0.362. The molecule has 0 amide bonds. The third-order valence-corrected chi connectivity index (χ3v) is 7.86. The molecule has 9 nitrogen and oxygen atoms in total. The molecule has 0 radical (unpaired) electrons. The standard InChI is InChI=1S/C16H20F6O9S/c17-15(18,19)14(16(20,21)22,32(26,27)28)11(25)31-10-8-1-2-9(3-8)13(10)29-6-12(4-23,5-24)7-30-13/h8-10,23-24H,1-7H2,(H,26,27,28). The van der Waals surface area contributed by atoms with Crippen LogP contribution in [0.2, 0.25) is 0 Å². The van der Waals surface area contributed by atoms with Crippen LogP contribution in [-0.2, 0) is 29.1 Å². The van der Waals surface area contributed by atoms with Crippen LogP contribution in [0.15, 0.2) is 0 Å². The first-order valence-corrected chi connectivity index (χ1v) is 10.8. The van der Waals surface area contributed by atoms with Gasteiger partial charge in [-0.3, -0.25) is 4.55 Å². The van der Waals surface area contributed by atoms with Gasteiger partial charge in [-0.25, -0.2) is 4.79 Å². The number of ether oxygens (including phenoxy) is 3. The maximum absolute atomic E-state index is 13.4. The fourth-order valence-corrected chi connectivity index (χ4v) is 5.48. The summed E-state index contributed by atoms with van der Waals surface area (Å²) >= 11 is 0. The third kappa shape index (κ3) is 3.41. The second-order valence-electron chi connectivity index (χ2n) is 8.36. The number of rotatable bonds is 5. The Morgan fingerprint density at radius 3 is 1.91 bits per heavy atom. The predicted molar refractivity (Wildman–Crippen MR) is 88.3 cm³/mol. The minimum atomic E-state index is -7.14. The van der Waals surface area contributed by atoms with E-state index in [0.717, 1.165) is 0 Å². The second-order valence-corrected chi connectivity index (χ2v) is 9.93. The molecule has 3 N–H and O–H groups in total. The lowest BCUT2D eigenvalue weighted by Gasteiger charge is -2.49. The number of aliphatic hydroxyl groups excluding tert-OH is 2. The molecule has 3 atom stereocenters. The van der Waals surface area contributed by atoms with Crippen molar-refractivity contribution in [1.82, 2.24) is 0 Å². The molecular weight excluding hydrogens is 482 g/mol. The van der Waals surface area contributed by atoms with Crippen LogP contribution in [0.5, 0.6) is 0 Å². The molecule has 1 saturated heterocycles. The van der Waals surface area contributed by atoms with Gasteiger partial charge in [0, 0.05) is 11.8 Å². The maximum Gasteiger partial charge on any atom is 0.430 e. The van der Waals surface area contributed by atoms with E-state index >= 15 is 0 Å². The van der Waals surface area contributed by atoms with Gasteiger partial charge in [-0.2, -0.15) is 34.8 Å². The van der Waals surface area contributed by atoms with Crippen molar-refractivity contribution >= 4 is 16.1 Å². The molecule has 2 saturated carbocycles. The van der Waals surface area contributed by atoms with Crippen LogP contribution in [0.4, 0.5) is 26.3 Å². The van der Waals surface area contributed by atoms with Gasteiger partial charge >= 0.3 is 33.2 Å². The van der Waals surface area contributed by atoms with Crippen molar-refractivity contribution in [3.8, 4) is 0 Å². The van der Waals surface area contributed by atoms with Crippen LogP contribution < -0.4 is 0 Å². The Hall–Kier alpha value is -1.20. The molecule has 1 spiro atoms. The van der Waals surface area contributed by atoms with E-state index in [4.69, 9.17) is 14.0 Å². The quantitative estimate of drug-likeness (QED) is 0.283. The first-order valence-electron chi connectivity index (χ1n) is 9.32. The van der Waals surface area contributed by atoms with E-state index in [9.17, 15) is 49.8 Å². The third-order valence-electron chi connectivity index (χ3n) is 6.45. The number of alkyl halides is 6. The zero-order valence-electron chi connectivity index (χ0n) is 16.1. The summed E-state index contributed by atoms with van der Waals surface area (Å²) in [5.41, 5.74) is -1.31. The molecule has 0 aromatic heterocycles. The molecular formula is C16H20F6O9S. The van der Waals surface area contributed by atoms with Gasteiger partial charge in [0.15, 0.2) is 6.10 Å². The van der Waals surface area contributed by atoms with E-state index in [0.29, 0.717) is 6.42 Å². The molecule has 2 bridgehead atoms. The average molecular weight is 502 g/mol. The van der Waals surface area contributed by atoms with Gasteiger partial charge in [-0.05, 0) is 19.3 Å². The molecule has 0 aromatic rings. The Morgan fingerprint density at radius 1 is 1.00 bits per heavy atom. The predicted octanol–water partition coefficient (Wildman–Crippen LogP) is 0.793. The van der Waals surface area contributed by atoms with Gasteiger partial charge in [-0.1, -0.05) is 0 Å². The largest absolute Gasteiger partial charge is 0.455 e. The number of aliphatic hydroxyl groups is 2. The summed E-state index contributed by atoms with van der Waals surface area (Å²) < 4.78 is 122. The summed E-state index contributed by atoms with van der Waals surface area (Å²) in [5, 5.41) is 18.9. The molecule has 3 aliphatic rings. The maximum atomic E-state index is 13.4. The highest BCUT2D eigenvalue weighted by Crippen LogP contribution is 2.58. The molecule has 2 aliphatic carbocycles. The van der Waals surface area contributed by atoms with Gasteiger partial charge < -0.3 is 24.4 Å². The zero-order chi connectivity index (χ0) is 24.4. The monoisotopic (exact) mass is 502 g/mol. The smallest absolute Gasteiger partial charge is 0.430 e. The molecule has 1 aliphatic heterocycles. The van der Waals surface area contributed by atoms with Crippen molar-refractivity contribution in [3.63, 3.8) is 0 Å². The summed E-state index contributed by atoms with van der Waals surface area (Å²) in [6, 6.07) is 0. The summed E-state index contributed by atoms with van der Waals surface area (Å²) in [5.74, 6) is -6.68. The van der Waals surface area contributed by atoms with Gasteiger partial charge in [0.2, 0.25) is 5.79 Å². The highest BCUT2D eigenvalue weighted by molar-refractivity contribution is 7.88. The molecule has 1 heterocycles. The highest BCUT2D eigenvalue weighted by atomic mass is 32.2. The van der Waals surface area contributed by atoms with Gasteiger partial charge in [0.25, 0.3) is 0 Å². The van der Waals surface area contributed by atoms with Crippen LogP contribution in [0, 0.1) is 17.3 Å². The van der Waals surface area contributed by atoms with Crippen LogP contribution in [0.3, 0.4) is 0 Å². The fraction of sp³-hybridized carbons (Fsp3) is 0.938. The number of carbonyl (C=O) groups excluding carboxylic acids is 1. The molecule has 186 valence electrons. The number of fused-ring (bicyclic) bond motifs is 3. The molecule has 0 aromatic carbocycles. The molecule has 3 fully saturated rings. The van der Waals surface area contributed by atoms with Gasteiger partial charge in [0.1, 0.15) is 0 Å². The fourth-order valence-electron chi connectivity index (χ4n) is 4.63. The Labute approximate surface area is 177 Å². The Kier molecular flexibility index (Phi) is 6.09. The van der Waals surface area contributed by atoms with Gasteiger partial charge in [-0.15, -0.1) is 0 Å². The average Bonchev–Trinajstić information content (AvgIpc) is 3.22. The number of esters is 1. The molecule has 3 unspecified atom stereocenters. The second kappa shape index (κ2) is 7.66. The Morgan fingerprint density at radius 2 is 1.50 bits per heavy atom. The Balaban J connectivity index is 2.00. The summed E-state index contributed by atoms with van der Waals surface area (Å²) in [6.07, 6.45) is -14.7. The van der Waals surface area contributed by atoms with E-state index < -0.39 is 88.8 Å².